The van der Waals surface area contributed by atoms with Gasteiger partial charge in [-0.05, 0) is 34.5 Å². The first-order chi connectivity index (χ1) is 8.20. The maximum absolute atomic E-state index is 13.8. The van der Waals surface area contributed by atoms with E-state index in [2.05, 4.69) is 15.9 Å². The summed E-state index contributed by atoms with van der Waals surface area (Å²) in [5, 5.41) is 8.95. The SMILES string of the molecule is COc1c(C)cc(F)c(Br)c1C(C)(C)CC(=O)O. The second-order valence-electron chi connectivity index (χ2n) is 4.85. The van der Waals surface area contributed by atoms with Gasteiger partial charge in [0.25, 0.3) is 0 Å². The fraction of sp³-hybridized carbons (Fsp3) is 0.462. The van der Waals surface area contributed by atoms with Gasteiger partial charge in [0.05, 0.1) is 18.0 Å². The minimum absolute atomic E-state index is 0.106. The number of methoxy groups -OCH3 is 1. The zero-order valence-electron chi connectivity index (χ0n) is 10.8. The zero-order valence-corrected chi connectivity index (χ0v) is 12.4. The highest BCUT2D eigenvalue weighted by atomic mass is 79.9. The van der Waals surface area contributed by atoms with E-state index in [1.807, 2.05) is 0 Å². The monoisotopic (exact) mass is 318 g/mol. The lowest BCUT2D eigenvalue weighted by molar-refractivity contribution is -0.138. The lowest BCUT2D eigenvalue weighted by atomic mass is 9.80. The van der Waals surface area contributed by atoms with E-state index < -0.39 is 17.2 Å². The second kappa shape index (κ2) is 5.26. The number of benzene rings is 1. The van der Waals surface area contributed by atoms with Crippen molar-refractivity contribution in [3.05, 3.63) is 27.5 Å². The molecule has 0 aliphatic heterocycles. The Labute approximate surface area is 114 Å². The largest absolute Gasteiger partial charge is 0.496 e. The fourth-order valence-electron chi connectivity index (χ4n) is 2.07. The minimum Gasteiger partial charge on any atom is -0.496 e. The third kappa shape index (κ3) is 2.83. The molecule has 5 heteroatoms. The molecule has 0 aliphatic carbocycles. The molecule has 1 aromatic carbocycles. The van der Waals surface area contributed by atoms with Crippen LogP contribution in [0.3, 0.4) is 0 Å². The van der Waals surface area contributed by atoms with Gasteiger partial charge >= 0.3 is 5.97 Å². The molecule has 0 bridgehead atoms. The summed E-state index contributed by atoms with van der Waals surface area (Å²) in [6, 6.07) is 1.36. The third-order valence-electron chi connectivity index (χ3n) is 2.83. The van der Waals surface area contributed by atoms with Crippen LogP contribution in [0.4, 0.5) is 4.39 Å². The van der Waals surface area contributed by atoms with E-state index in [1.54, 1.807) is 20.8 Å². The normalized spacial score (nSPS) is 11.4. The Hall–Kier alpha value is -1.10. The van der Waals surface area contributed by atoms with Gasteiger partial charge in [0, 0.05) is 11.0 Å². The second-order valence-corrected chi connectivity index (χ2v) is 5.64. The Morgan fingerprint density at radius 1 is 1.56 bits per heavy atom. The van der Waals surface area contributed by atoms with Crippen LogP contribution in [0.1, 0.15) is 31.4 Å². The van der Waals surface area contributed by atoms with E-state index in [9.17, 15) is 9.18 Å². The summed E-state index contributed by atoms with van der Waals surface area (Å²) in [6.45, 7) is 5.24. The van der Waals surface area contributed by atoms with Gasteiger partial charge in [0.2, 0.25) is 0 Å². The summed E-state index contributed by atoms with van der Waals surface area (Å²) in [6.07, 6.45) is -0.106. The number of aliphatic carboxylic acids is 1. The lowest BCUT2D eigenvalue weighted by Crippen LogP contribution is -2.24. The lowest BCUT2D eigenvalue weighted by Gasteiger charge is -2.28. The Morgan fingerprint density at radius 3 is 2.56 bits per heavy atom. The van der Waals surface area contributed by atoms with E-state index >= 15 is 0 Å². The summed E-state index contributed by atoms with van der Waals surface area (Å²) >= 11 is 3.18. The number of rotatable bonds is 4. The summed E-state index contributed by atoms with van der Waals surface area (Å²) in [5.41, 5.74) is 0.458. The van der Waals surface area contributed by atoms with Gasteiger partial charge in [-0.1, -0.05) is 13.8 Å². The molecule has 1 aromatic rings. The number of ether oxygens (including phenoxy) is 1. The highest BCUT2D eigenvalue weighted by Crippen LogP contribution is 2.42. The van der Waals surface area contributed by atoms with Gasteiger partial charge in [0.15, 0.2) is 0 Å². The maximum atomic E-state index is 13.8. The van der Waals surface area contributed by atoms with Crippen molar-refractivity contribution in [2.75, 3.05) is 7.11 Å². The van der Waals surface area contributed by atoms with Crippen LogP contribution >= 0.6 is 15.9 Å². The van der Waals surface area contributed by atoms with Crippen LogP contribution in [0.5, 0.6) is 5.75 Å². The Morgan fingerprint density at radius 2 is 2.11 bits per heavy atom. The average molecular weight is 319 g/mol. The van der Waals surface area contributed by atoms with E-state index in [-0.39, 0.29) is 10.9 Å². The van der Waals surface area contributed by atoms with Crippen molar-refractivity contribution in [1.82, 2.24) is 0 Å². The van der Waals surface area contributed by atoms with Gasteiger partial charge in [-0.25, -0.2) is 4.39 Å². The van der Waals surface area contributed by atoms with Crippen molar-refractivity contribution in [2.45, 2.75) is 32.6 Å². The molecule has 3 nitrogen and oxygen atoms in total. The molecule has 0 saturated heterocycles. The molecule has 0 aromatic heterocycles. The van der Waals surface area contributed by atoms with Crippen LogP contribution in [-0.4, -0.2) is 18.2 Å². The number of aryl methyl sites for hydroxylation is 1. The van der Waals surface area contributed by atoms with Crippen LogP contribution < -0.4 is 4.74 Å². The zero-order chi connectivity index (χ0) is 14.1. The fourth-order valence-corrected chi connectivity index (χ4v) is 2.90. The number of carboxylic acid groups (broad SMARTS) is 1. The number of hydrogen-bond acceptors (Lipinski definition) is 2. The average Bonchev–Trinajstić information content (AvgIpc) is 2.20. The topological polar surface area (TPSA) is 46.5 Å². The van der Waals surface area contributed by atoms with E-state index in [4.69, 9.17) is 9.84 Å². The summed E-state index contributed by atoms with van der Waals surface area (Å²) in [4.78, 5) is 10.9. The number of carbonyl (C=O) groups is 1. The highest BCUT2D eigenvalue weighted by Gasteiger charge is 2.32. The quantitative estimate of drug-likeness (QED) is 0.921. The smallest absolute Gasteiger partial charge is 0.304 e. The highest BCUT2D eigenvalue weighted by molar-refractivity contribution is 9.10. The molecule has 1 rings (SSSR count). The van der Waals surface area contributed by atoms with Crippen LogP contribution in [0.15, 0.2) is 10.5 Å². The molecule has 0 heterocycles. The van der Waals surface area contributed by atoms with E-state index in [1.165, 1.54) is 13.2 Å². The van der Waals surface area contributed by atoms with Gasteiger partial charge in [-0.2, -0.15) is 0 Å². The molecule has 0 fully saturated rings. The first kappa shape index (κ1) is 15.0. The van der Waals surface area contributed by atoms with Crippen LogP contribution in [0.2, 0.25) is 0 Å². The minimum atomic E-state index is -0.934. The molecular formula is C13H16BrFO3. The molecule has 100 valence electrons. The number of hydrogen-bond donors (Lipinski definition) is 1. The summed E-state index contributed by atoms with van der Waals surface area (Å²) < 4.78 is 19.3. The number of halogens is 2. The predicted molar refractivity (Wildman–Crippen MR) is 70.7 cm³/mol. The molecule has 0 spiro atoms. The van der Waals surface area contributed by atoms with Gasteiger partial charge in [-0.3, -0.25) is 4.79 Å². The molecule has 0 atom stereocenters. The molecule has 0 radical (unpaired) electrons. The van der Waals surface area contributed by atoms with Crippen LogP contribution in [-0.2, 0) is 10.2 Å². The summed E-state index contributed by atoms with van der Waals surface area (Å²) in [7, 11) is 1.49. The molecule has 0 amide bonds. The van der Waals surface area contributed by atoms with Crippen molar-refractivity contribution < 1.29 is 19.0 Å². The first-order valence-corrected chi connectivity index (χ1v) is 6.25. The van der Waals surface area contributed by atoms with Gasteiger partial charge < -0.3 is 9.84 Å². The molecule has 18 heavy (non-hydrogen) atoms. The van der Waals surface area contributed by atoms with E-state index in [0.717, 1.165) is 0 Å². The maximum Gasteiger partial charge on any atom is 0.304 e. The first-order valence-electron chi connectivity index (χ1n) is 5.45. The van der Waals surface area contributed by atoms with Gasteiger partial charge in [-0.15, -0.1) is 0 Å². The molecule has 0 aliphatic rings. The number of carboxylic acids is 1. The predicted octanol–water partition coefficient (Wildman–Crippen LogP) is 3.66. The van der Waals surface area contributed by atoms with Crippen molar-refractivity contribution in [2.24, 2.45) is 0 Å². The van der Waals surface area contributed by atoms with Crippen molar-refractivity contribution in [3.63, 3.8) is 0 Å². The molecule has 0 unspecified atom stereocenters. The Bertz CT molecular complexity index is 484. The van der Waals surface area contributed by atoms with Crippen molar-refractivity contribution in [1.29, 1.82) is 0 Å². The van der Waals surface area contributed by atoms with Crippen LogP contribution in [0, 0.1) is 12.7 Å². The standard InChI is InChI=1S/C13H16BrFO3/c1-7-5-8(15)11(14)10(12(7)18-4)13(2,3)6-9(16)17/h5H,6H2,1-4H3,(H,16,17). The Kier molecular flexibility index (Phi) is 4.37. The Balaban J connectivity index is 3.51. The van der Waals surface area contributed by atoms with Crippen LogP contribution in [0.25, 0.3) is 0 Å². The third-order valence-corrected chi connectivity index (χ3v) is 3.61. The molecule has 0 saturated carbocycles. The van der Waals surface area contributed by atoms with Crippen molar-refractivity contribution >= 4 is 21.9 Å². The molecule has 1 N–H and O–H groups in total. The molecular weight excluding hydrogens is 303 g/mol. The summed E-state index contributed by atoms with van der Waals surface area (Å²) in [5.74, 6) is -0.827. The van der Waals surface area contributed by atoms with E-state index in [0.29, 0.717) is 16.9 Å². The van der Waals surface area contributed by atoms with Gasteiger partial charge in [0.1, 0.15) is 11.6 Å². The van der Waals surface area contributed by atoms with Crippen molar-refractivity contribution in [3.8, 4) is 5.75 Å².